The highest BCUT2D eigenvalue weighted by Crippen LogP contribution is 2.25. The van der Waals surface area contributed by atoms with Gasteiger partial charge in [-0.2, -0.15) is 0 Å². The molecule has 0 bridgehead atoms. The summed E-state index contributed by atoms with van der Waals surface area (Å²) in [6.07, 6.45) is 2.53. The van der Waals surface area contributed by atoms with E-state index in [1.165, 1.54) is 6.08 Å². The Morgan fingerprint density at radius 1 is 1.41 bits per heavy atom. The second-order valence-electron chi connectivity index (χ2n) is 4.79. The number of hydrogen-bond acceptors (Lipinski definition) is 6. The first-order valence-electron chi connectivity index (χ1n) is 6.92. The average Bonchev–Trinajstić information content (AvgIpc) is 3.23. The van der Waals surface area contributed by atoms with E-state index >= 15 is 0 Å². The SMILES string of the molecule is Cc1cc(CNC(=O)C=Cc2ccc(C3OCCO3)o2)no1. The van der Waals surface area contributed by atoms with E-state index in [-0.39, 0.29) is 5.91 Å². The second-order valence-corrected chi connectivity index (χ2v) is 4.79. The lowest BCUT2D eigenvalue weighted by Crippen LogP contribution is -2.20. The molecule has 0 aromatic carbocycles. The minimum absolute atomic E-state index is 0.244. The Morgan fingerprint density at radius 2 is 2.23 bits per heavy atom. The molecule has 2 aromatic heterocycles. The quantitative estimate of drug-likeness (QED) is 0.850. The molecule has 3 rings (SSSR count). The van der Waals surface area contributed by atoms with Crippen LogP contribution in [0.4, 0.5) is 0 Å². The number of nitrogens with one attached hydrogen (secondary N) is 1. The lowest BCUT2D eigenvalue weighted by Gasteiger charge is -2.03. The summed E-state index contributed by atoms with van der Waals surface area (Å²) in [5.74, 6) is 1.61. The van der Waals surface area contributed by atoms with Crippen molar-refractivity contribution in [2.24, 2.45) is 0 Å². The van der Waals surface area contributed by atoms with Gasteiger partial charge in [0.1, 0.15) is 17.2 Å². The Kier molecular flexibility index (Phi) is 4.36. The van der Waals surface area contributed by atoms with Crippen LogP contribution in [-0.4, -0.2) is 24.3 Å². The van der Waals surface area contributed by atoms with Gasteiger partial charge in [0.2, 0.25) is 12.2 Å². The summed E-state index contributed by atoms with van der Waals surface area (Å²) in [5.41, 5.74) is 0.676. The van der Waals surface area contributed by atoms with E-state index in [0.717, 1.165) is 0 Å². The van der Waals surface area contributed by atoms with Crippen LogP contribution in [-0.2, 0) is 20.8 Å². The van der Waals surface area contributed by atoms with Crippen LogP contribution in [0, 0.1) is 6.92 Å². The van der Waals surface area contributed by atoms with Crippen LogP contribution in [0.15, 0.2) is 33.2 Å². The van der Waals surface area contributed by atoms with Crippen molar-refractivity contribution in [3.63, 3.8) is 0 Å². The summed E-state index contributed by atoms with van der Waals surface area (Å²) < 4.78 is 21.1. The van der Waals surface area contributed by atoms with Crippen molar-refractivity contribution in [3.05, 3.63) is 47.2 Å². The van der Waals surface area contributed by atoms with Crippen molar-refractivity contribution < 1.29 is 23.2 Å². The lowest BCUT2D eigenvalue weighted by molar-refractivity contribution is -0.116. The van der Waals surface area contributed by atoms with Crippen molar-refractivity contribution in [2.75, 3.05) is 13.2 Å². The van der Waals surface area contributed by atoms with Crippen molar-refractivity contribution in [1.29, 1.82) is 0 Å². The maximum atomic E-state index is 11.7. The number of aromatic nitrogens is 1. The van der Waals surface area contributed by atoms with Gasteiger partial charge in [0.15, 0.2) is 5.76 Å². The van der Waals surface area contributed by atoms with Gasteiger partial charge in [0, 0.05) is 12.1 Å². The Labute approximate surface area is 126 Å². The normalized spacial score (nSPS) is 15.7. The molecule has 1 fully saturated rings. The van der Waals surface area contributed by atoms with Gasteiger partial charge < -0.3 is 23.7 Å². The number of ether oxygens (including phenoxy) is 2. The van der Waals surface area contributed by atoms with E-state index in [0.29, 0.717) is 42.7 Å². The summed E-state index contributed by atoms with van der Waals surface area (Å²) in [6, 6.07) is 5.29. The van der Waals surface area contributed by atoms with Crippen molar-refractivity contribution in [3.8, 4) is 0 Å². The van der Waals surface area contributed by atoms with Gasteiger partial charge in [-0.3, -0.25) is 4.79 Å². The average molecular weight is 304 g/mol. The molecule has 7 nitrogen and oxygen atoms in total. The maximum absolute atomic E-state index is 11.7. The maximum Gasteiger partial charge on any atom is 0.244 e. The third-order valence-corrected chi connectivity index (χ3v) is 3.02. The predicted molar refractivity (Wildman–Crippen MR) is 75.5 cm³/mol. The van der Waals surface area contributed by atoms with E-state index in [1.807, 2.05) is 0 Å². The van der Waals surface area contributed by atoms with E-state index in [2.05, 4.69) is 10.5 Å². The number of carbonyl (C=O) groups is 1. The van der Waals surface area contributed by atoms with Crippen LogP contribution < -0.4 is 5.32 Å². The van der Waals surface area contributed by atoms with Gasteiger partial charge in [-0.1, -0.05) is 5.16 Å². The van der Waals surface area contributed by atoms with Crippen LogP contribution in [0.5, 0.6) is 0 Å². The Hall–Kier alpha value is -2.38. The molecule has 22 heavy (non-hydrogen) atoms. The molecule has 0 spiro atoms. The number of hydrogen-bond donors (Lipinski definition) is 1. The third-order valence-electron chi connectivity index (χ3n) is 3.02. The van der Waals surface area contributed by atoms with Gasteiger partial charge in [0.25, 0.3) is 0 Å². The van der Waals surface area contributed by atoms with Crippen molar-refractivity contribution >= 4 is 12.0 Å². The number of aryl methyl sites for hydroxylation is 1. The molecule has 1 N–H and O–H groups in total. The van der Waals surface area contributed by atoms with Crippen molar-refractivity contribution in [2.45, 2.75) is 19.8 Å². The highest BCUT2D eigenvalue weighted by Gasteiger charge is 2.21. The zero-order valence-electron chi connectivity index (χ0n) is 12.1. The predicted octanol–water partition coefficient (Wildman–Crippen LogP) is 1.95. The molecular formula is C15H16N2O5. The fourth-order valence-electron chi connectivity index (χ4n) is 2.00. The lowest BCUT2D eigenvalue weighted by atomic mass is 10.3. The molecule has 3 heterocycles. The van der Waals surface area contributed by atoms with Crippen LogP contribution in [0.25, 0.3) is 6.08 Å². The van der Waals surface area contributed by atoms with Gasteiger partial charge in [0.05, 0.1) is 19.8 Å². The third kappa shape index (κ3) is 3.63. The molecule has 0 saturated carbocycles. The second kappa shape index (κ2) is 6.59. The number of furan rings is 1. The van der Waals surface area contributed by atoms with E-state index < -0.39 is 6.29 Å². The molecule has 2 aromatic rings. The summed E-state index contributed by atoms with van der Waals surface area (Å²) in [7, 11) is 0. The molecule has 1 saturated heterocycles. The zero-order valence-corrected chi connectivity index (χ0v) is 12.1. The monoisotopic (exact) mass is 304 g/mol. The first-order chi connectivity index (χ1) is 10.7. The Bertz CT molecular complexity index is 667. The fourth-order valence-corrected chi connectivity index (χ4v) is 2.00. The summed E-state index contributed by atoms with van der Waals surface area (Å²) >= 11 is 0. The molecule has 1 aliphatic rings. The molecule has 0 unspecified atom stereocenters. The molecule has 0 radical (unpaired) electrons. The van der Waals surface area contributed by atoms with Gasteiger partial charge >= 0.3 is 0 Å². The number of carbonyl (C=O) groups excluding carboxylic acids is 1. The number of amides is 1. The van der Waals surface area contributed by atoms with Gasteiger partial charge in [-0.15, -0.1) is 0 Å². The fraction of sp³-hybridized carbons (Fsp3) is 0.333. The largest absolute Gasteiger partial charge is 0.456 e. The minimum Gasteiger partial charge on any atom is -0.456 e. The summed E-state index contributed by atoms with van der Waals surface area (Å²) in [4.78, 5) is 11.7. The zero-order chi connectivity index (χ0) is 15.4. The van der Waals surface area contributed by atoms with Gasteiger partial charge in [-0.05, 0) is 25.1 Å². The van der Waals surface area contributed by atoms with Gasteiger partial charge in [-0.25, -0.2) is 0 Å². The molecule has 1 amide bonds. The minimum atomic E-state index is -0.452. The van der Waals surface area contributed by atoms with Crippen LogP contribution in [0.3, 0.4) is 0 Å². The van der Waals surface area contributed by atoms with E-state index in [1.54, 1.807) is 31.2 Å². The topological polar surface area (TPSA) is 86.7 Å². The molecule has 7 heteroatoms. The number of rotatable bonds is 5. The van der Waals surface area contributed by atoms with E-state index in [4.69, 9.17) is 18.4 Å². The van der Waals surface area contributed by atoms with Crippen LogP contribution in [0.1, 0.15) is 29.3 Å². The Balaban J connectivity index is 1.51. The smallest absolute Gasteiger partial charge is 0.244 e. The molecule has 116 valence electrons. The molecule has 0 atom stereocenters. The first kappa shape index (κ1) is 14.6. The molecular weight excluding hydrogens is 288 g/mol. The van der Waals surface area contributed by atoms with Crippen molar-refractivity contribution in [1.82, 2.24) is 10.5 Å². The highest BCUT2D eigenvalue weighted by atomic mass is 16.7. The Morgan fingerprint density at radius 3 is 2.95 bits per heavy atom. The highest BCUT2D eigenvalue weighted by molar-refractivity contribution is 5.91. The first-order valence-corrected chi connectivity index (χ1v) is 6.92. The van der Waals surface area contributed by atoms with E-state index in [9.17, 15) is 4.79 Å². The molecule has 1 aliphatic heterocycles. The van der Waals surface area contributed by atoms with Crippen LogP contribution in [0.2, 0.25) is 0 Å². The summed E-state index contributed by atoms with van der Waals surface area (Å²) in [5, 5.41) is 6.50. The number of nitrogens with zero attached hydrogens (tertiary/aromatic N) is 1. The van der Waals surface area contributed by atoms with Crippen LogP contribution >= 0.6 is 0 Å². The standard InChI is InChI=1S/C15H16N2O5/c1-10-8-11(17-22-10)9-16-14(18)5-3-12-2-4-13(21-12)15-19-6-7-20-15/h2-5,8,15H,6-7,9H2,1H3,(H,16,18). The molecule has 0 aliphatic carbocycles. The summed E-state index contributed by atoms with van der Waals surface area (Å²) in [6.45, 7) is 3.22.